The van der Waals surface area contributed by atoms with Crippen molar-refractivity contribution in [3.05, 3.63) is 45.9 Å². The SMILES string of the molecule is COc1ccc(/C=N\NC(=O)Cc2ccc3nc(N)sc3c2)c(Br)c1O. The van der Waals surface area contributed by atoms with Crippen LogP contribution >= 0.6 is 27.3 Å². The van der Waals surface area contributed by atoms with Crippen LogP contribution in [-0.4, -0.2) is 29.3 Å². The van der Waals surface area contributed by atoms with Gasteiger partial charge in [-0.2, -0.15) is 5.10 Å². The quantitative estimate of drug-likeness (QED) is 0.422. The summed E-state index contributed by atoms with van der Waals surface area (Å²) in [5, 5.41) is 14.4. The topological polar surface area (TPSA) is 110 Å². The third kappa shape index (κ3) is 3.94. The Morgan fingerprint density at radius 2 is 2.27 bits per heavy atom. The van der Waals surface area contributed by atoms with Crippen molar-refractivity contribution in [2.24, 2.45) is 5.10 Å². The second-order valence-electron chi connectivity index (χ2n) is 5.34. The van der Waals surface area contributed by atoms with Crippen LogP contribution in [-0.2, 0) is 11.2 Å². The number of phenolic OH excluding ortho intramolecular Hbond substituents is 1. The largest absolute Gasteiger partial charge is 0.503 e. The average molecular weight is 435 g/mol. The number of nitrogens with two attached hydrogens (primary N) is 1. The van der Waals surface area contributed by atoms with Crippen molar-refractivity contribution in [2.45, 2.75) is 6.42 Å². The van der Waals surface area contributed by atoms with Gasteiger partial charge in [-0.3, -0.25) is 4.79 Å². The lowest BCUT2D eigenvalue weighted by Gasteiger charge is -2.07. The van der Waals surface area contributed by atoms with E-state index in [-0.39, 0.29) is 18.1 Å². The van der Waals surface area contributed by atoms with E-state index in [0.717, 1.165) is 15.8 Å². The molecule has 0 aliphatic heterocycles. The molecule has 134 valence electrons. The van der Waals surface area contributed by atoms with Crippen LogP contribution in [0, 0.1) is 0 Å². The Labute approximate surface area is 161 Å². The van der Waals surface area contributed by atoms with Gasteiger partial charge in [-0.15, -0.1) is 0 Å². The predicted octanol–water partition coefficient (Wildman–Crippen LogP) is 3.05. The minimum absolute atomic E-state index is 0.0279. The van der Waals surface area contributed by atoms with Gasteiger partial charge in [0.1, 0.15) is 0 Å². The summed E-state index contributed by atoms with van der Waals surface area (Å²) in [6.45, 7) is 0. The van der Waals surface area contributed by atoms with Crippen LogP contribution in [0.15, 0.2) is 39.9 Å². The summed E-state index contributed by atoms with van der Waals surface area (Å²) in [7, 11) is 1.47. The molecule has 0 spiro atoms. The standard InChI is InChI=1S/C17H15BrN4O3S/c1-25-12-5-3-10(15(18)16(12)24)8-20-22-14(23)7-9-2-4-11-13(6-9)26-17(19)21-11/h2-6,8,24H,7H2,1H3,(H2,19,21)(H,22,23)/b20-8-. The van der Waals surface area contributed by atoms with Crippen molar-refractivity contribution in [3.8, 4) is 11.5 Å². The number of hydrogen-bond donors (Lipinski definition) is 3. The second kappa shape index (κ2) is 7.71. The number of hydrogen-bond acceptors (Lipinski definition) is 7. The molecule has 1 amide bonds. The number of phenols is 1. The number of nitrogens with one attached hydrogen (secondary N) is 1. The van der Waals surface area contributed by atoms with Crippen LogP contribution in [0.1, 0.15) is 11.1 Å². The molecule has 1 heterocycles. The van der Waals surface area contributed by atoms with Crippen LogP contribution in [0.4, 0.5) is 5.13 Å². The van der Waals surface area contributed by atoms with Gasteiger partial charge in [0.05, 0.1) is 34.4 Å². The van der Waals surface area contributed by atoms with E-state index in [2.05, 4.69) is 31.4 Å². The van der Waals surface area contributed by atoms with Crippen LogP contribution in [0.2, 0.25) is 0 Å². The molecule has 0 fully saturated rings. The maximum Gasteiger partial charge on any atom is 0.244 e. The van der Waals surface area contributed by atoms with Gasteiger partial charge < -0.3 is 15.6 Å². The van der Waals surface area contributed by atoms with E-state index in [4.69, 9.17) is 10.5 Å². The lowest BCUT2D eigenvalue weighted by atomic mass is 10.1. The van der Waals surface area contributed by atoms with E-state index in [0.29, 0.717) is 20.9 Å². The number of nitrogen functional groups attached to an aromatic ring is 1. The van der Waals surface area contributed by atoms with Crippen molar-refractivity contribution in [3.63, 3.8) is 0 Å². The van der Waals surface area contributed by atoms with Gasteiger partial charge >= 0.3 is 0 Å². The van der Waals surface area contributed by atoms with Crippen molar-refractivity contribution in [2.75, 3.05) is 12.8 Å². The number of amides is 1. The van der Waals surface area contributed by atoms with Gasteiger partial charge in [0.25, 0.3) is 0 Å². The molecule has 26 heavy (non-hydrogen) atoms. The van der Waals surface area contributed by atoms with E-state index in [1.165, 1.54) is 24.7 Å². The lowest BCUT2D eigenvalue weighted by molar-refractivity contribution is -0.120. The Morgan fingerprint density at radius 3 is 3.04 bits per heavy atom. The van der Waals surface area contributed by atoms with Crippen LogP contribution in [0.5, 0.6) is 11.5 Å². The number of aromatic hydroxyl groups is 1. The minimum Gasteiger partial charge on any atom is -0.503 e. The van der Waals surface area contributed by atoms with E-state index in [1.54, 1.807) is 12.1 Å². The third-order valence-corrected chi connectivity index (χ3v) is 5.24. The molecule has 2 aromatic carbocycles. The second-order valence-corrected chi connectivity index (χ2v) is 7.20. The summed E-state index contributed by atoms with van der Waals surface area (Å²) >= 11 is 4.65. The highest BCUT2D eigenvalue weighted by atomic mass is 79.9. The van der Waals surface area contributed by atoms with Crippen LogP contribution in [0.25, 0.3) is 10.2 Å². The van der Waals surface area contributed by atoms with Gasteiger partial charge in [0.15, 0.2) is 16.6 Å². The number of halogens is 1. The number of fused-ring (bicyclic) bond motifs is 1. The zero-order chi connectivity index (χ0) is 18.7. The Bertz CT molecular complexity index is 1000. The molecule has 0 unspecified atom stereocenters. The summed E-state index contributed by atoms with van der Waals surface area (Å²) in [6, 6.07) is 8.89. The molecule has 0 atom stereocenters. The van der Waals surface area contributed by atoms with Crippen LogP contribution in [0.3, 0.4) is 0 Å². The number of nitrogens with zero attached hydrogens (tertiary/aromatic N) is 2. The van der Waals surface area contributed by atoms with Gasteiger partial charge in [-0.1, -0.05) is 17.4 Å². The van der Waals surface area contributed by atoms with Gasteiger partial charge in [-0.25, -0.2) is 10.4 Å². The first-order valence-corrected chi connectivity index (χ1v) is 9.11. The summed E-state index contributed by atoms with van der Waals surface area (Å²) < 4.78 is 6.39. The number of aromatic nitrogens is 1. The lowest BCUT2D eigenvalue weighted by Crippen LogP contribution is -2.19. The molecule has 3 rings (SSSR count). The zero-order valence-corrected chi connectivity index (χ0v) is 16.1. The smallest absolute Gasteiger partial charge is 0.244 e. The number of ether oxygens (including phenoxy) is 1. The normalized spacial score (nSPS) is 11.2. The Hall–Kier alpha value is -2.65. The van der Waals surface area contributed by atoms with Gasteiger partial charge in [0.2, 0.25) is 5.91 Å². The summed E-state index contributed by atoms with van der Waals surface area (Å²) in [5.41, 5.74) is 10.4. The Morgan fingerprint density at radius 1 is 1.46 bits per heavy atom. The number of carbonyl (C=O) groups excluding carboxylic acids is 1. The molecule has 0 bridgehead atoms. The highest BCUT2D eigenvalue weighted by molar-refractivity contribution is 9.10. The minimum atomic E-state index is -0.257. The van der Waals surface area contributed by atoms with Crippen molar-refractivity contribution in [1.29, 1.82) is 0 Å². The molecule has 9 heteroatoms. The Balaban J connectivity index is 1.64. The van der Waals surface area contributed by atoms with Gasteiger partial charge in [-0.05, 0) is 45.8 Å². The molecule has 0 saturated carbocycles. The number of benzene rings is 2. The number of hydrazone groups is 1. The van der Waals surface area contributed by atoms with Crippen molar-refractivity contribution >= 4 is 54.7 Å². The van der Waals surface area contributed by atoms with Crippen LogP contribution < -0.4 is 15.9 Å². The highest BCUT2D eigenvalue weighted by Crippen LogP contribution is 2.35. The molecule has 3 aromatic rings. The molecule has 0 aliphatic carbocycles. The monoisotopic (exact) mass is 434 g/mol. The fourth-order valence-corrected chi connectivity index (χ4v) is 3.55. The first-order chi connectivity index (χ1) is 12.5. The fourth-order valence-electron chi connectivity index (χ4n) is 2.32. The number of anilines is 1. The molecule has 4 N–H and O–H groups in total. The van der Waals surface area contributed by atoms with Crippen molar-refractivity contribution < 1.29 is 14.6 Å². The average Bonchev–Trinajstić information content (AvgIpc) is 2.98. The first kappa shape index (κ1) is 18.2. The number of carbonyl (C=O) groups is 1. The predicted molar refractivity (Wildman–Crippen MR) is 106 cm³/mol. The fraction of sp³-hybridized carbons (Fsp3) is 0.118. The molecule has 0 radical (unpaired) electrons. The molecular weight excluding hydrogens is 420 g/mol. The molecule has 0 saturated heterocycles. The number of rotatable bonds is 5. The molecule has 0 aliphatic rings. The number of thiazole rings is 1. The molecular formula is C17H15BrN4O3S. The van der Waals surface area contributed by atoms with E-state index >= 15 is 0 Å². The summed E-state index contributed by atoms with van der Waals surface area (Å²) in [5.74, 6) is 0.0593. The Kier molecular flexibility index (Phi) is 5.38. The highest BCUT2D eigenvalue weighted by Gasteiger charge is 2.10. The third-order valence-electron chi connectivity index (χ3n) is 3.56. The summed E-state index contributed by atoms with van der Waals surface area (Å²) in [4.78, 5) is 16.2. The zero-order valence-electron chi connectivity index (χ0n) is 13.7. The van der Waals surface area contributed by atoms with E-state index < -0.39 is 0 Å². The molecule has 7 nitrogen and oxygen atoms in total. The molecule has 1 aromatic heterocycles. The number of methoxy groups -OCH3 is 1. The maximum absolute atomic E-state index is 12.1. The summed E-state index contributed by atoms with van der Waals surface area (Å²) in [6.07, 6.45) is 1.62. The maximum atomic E-state index is 12.1. The first-order valence-electron chi connectivity index (χ1n) is 7.50. The van der Waals surface area contributed by atoms with E-state index in [9.17, 15) is 9.90 Å². The van der Waals surface area contributed by atoms with Gasteiger partial charge in [0, 0.05) is 5.56 Å². The van der Waals surface area contributed by atoms with Crippen molar-refractivity contribution in [1.82, 2.24) is 10.4 Å². The van der Waals surface area contributed by atoms with E-state index in [1.807, 2.05) is 18.2 Å².